The predicted octanol–water partition coefficient (Wildman–Crippen LogP) is 4.61. The maximum Gasteiger partial charge on any atom is 0.244 e. The minimum Gasteiger partial charge on any atom is -0.352 e. The van der Waals surface area contributed by atoms with Crippen LogP contribution in [0, 0.1) is 3.57 Å². The monoisotopic (exact) mass is 647 g/mol. The third-order valence-corrected chi connectivity index (χ3v) is 8.12. The summed E-state index contributed by atoms with van der Waals surface area (Å²) in [6.07, 6.45) is 2.12. The van der Waals surface area contributed by atoms with Gasteiger partial charge in [0.2, 0.25) is 21.8 Å². The molecule has 7 nitrogen and oxygen atoms in total. The SMILES string of the molecule is CC[C@@H](C)NC(=O)[C@H](Cc1ccccc1)N(Cc1ccccc1)C(=O)CN(c1ccc(I)cc1)S(C)(=O)=O. The Morgan fingerprint density at radius 2 is 1.45 bits per heavy atom. The van der Waals surface area contributed by atoms with Gasteiger partial charge in [-0.3, -0.25) is 13.9 Å². The van der Waals surface area contributed by atoms with Gasteiger partial charge in [0.15, 0.2) is 0 Å². The van der Waals surface area contributed by atoms with Gasteiger partial charge in [-0.15, -0.1) is 0 Å². The summed E-state index contributed by atoms with van der Waals surface area (Å²) in [5.41, 5.74) is 2.14. The Labute approximate surface area is 239 Å². The van der Waals surface area contributed by atoms with Crippen LogP contribution in [-0.4, -0.2) is 50.0 Å². The number of nitrogens with one attached hydrogen (secondary N) is 1. The Morgan fingerprint density at radius 3 is 1.97 bits per heavy atom. The molecule has 1 N–H and O–H groups in total. The lowest BCUT2D eigenvalue weighted by Crippen LogP contribution is -2.54. The van der Waals surface area contributed by atoms with E-state index in [1.807, 2.05) is 74.5 Å². The van der Waals surface area contributed by atoms with Crippen LogP contribution >= 0.6 is 22.6 Å². The van der Waals surface area contributed by atoms with E-state index in [2.05, 4.69) is 27.9 Å². The van der Waals surface area contributed by atoms with E-state index in [0.717, 1.165) is 31.7 Å². The second-order valence-electron chi connectivity index (χ2n) is 9.28. The number of benzene rings is 3. The van der Waals surface area contributed by atoms with Crippen molar-refractivity contribution in [2.75, 3.05) is 17.1 Å². The molecule has 2 amide bonds. The van der Waals surface area contributed by atoms with Crippen LogP contribution in [-0.2, 0) is 32.6 Å². The normalized spacial score (nSPS) is 12.8. The van der Waals surface area contributed by atoms with E-state index in [9.17, 15) is 18.0 Å². The molecule has 0 aromatic heterocycles. The molecule has 0 saturated heterocycles. The average Bonchev–Trinajstić information content (AvgIpc) is 2.90. The third kappa shape index (κ3) is 8.56. The fraction of sp³-hybridized carbons (Fsp3) is 0.310. The van der Waals surface area contributed by atoms with Crippen molar-refractivity contribution >= 4 is 50.1 Å². The topological polar surface area (TPSA) is 86.8 Å². The predicted molar refractivity (Wildman–Crippen MR) is 160 cm³/mol. The van der Waals surface area contributed by atoms with Gasteiger partial charge < -0.3 is 10.2 Å². The highest BCUT2D eigenvalue weighted by molar-refractivity contribution is 14.1. The maximum absolute atomic E-state index is 14.0. The number of anilines is 1. The fourth-order valence-electron chi connectivity index (χ4n) is 4.00. The average molecular weight is 648 g/mol. The molecule has 0 aliphatic rings. The number of hydrogen-bond acceptors (Lipinski definition) is 4. The number of rotatable bonds is 12. The molecule has 202 valence electrons. The molecule has 0 heterocycles. The molecule has 3 rings (SSSR count). The summed E-state index contributed by atoms with van der Waals surface area (Å²) in [6.45, 7) is 3.64. The van der Waals surface area contributed by atoms with Gasteiger partial charge in [0.25, 0.3) is 0 Å². The van der Waals surface area contributed by atoms with Crippen molar-refractivity contribution in [1.82, 2.24) is 10.2 Å². The van der Waals surface area contributed by atoms with Gasteiger partial charge >= 0.3 is 0 Å². The Balaban J connectivity index is 2.03. The molecule has 0 unspecified atom stereocenters. The molecule has 0 saturated carbocycles. The number of halogens is 1. The lowest BCUT2D eigenvalue weighted by atomic mass is 10.0. The van der Waals surface area contributed by atoms with E-state index < -0.39 is 28.5 Å². The Kier molecular flexibility index (Phi) is 10.7. The van der Waals surface area contributed by atoms with Gasteiger partial charge in [0.05, 0.1) is 11.9 Å². The van der Waals surface area contributed by atoms with Crippen LogP contribution in [0.2, 0.25) is 0 Å². The lowest BCUT2D eigenvalue weighted by Gasteiger charge is -2.34. The number of carbonyl (C=O) groups is 2. The summed E-state index contributed by atoms with van der Waals surface area (Å²) in [5.74, 6) is -0.731. The molecule has 2 atom stereocenters. The first-order valence-electron chi connectivity index (χ1n) is 12.5. The first-order valence-corrected chi connectivity index (χ1v) is 15.4. The van der Waals surface area contributed by atoms with Crippen molar-refractivity contribution in [3.8, 4) is 0 Å². The number of sulfonamides is 1. The first kappa shape index (κ1) is 29.6. The highest BCUT2D eigenvalue weighted by Crippen LogP contribution is 2.21. The summed E-state index contributed by atoms with van der Waals surface area (Å²) in [6, 6.07) is 25.0. The Hall–Kier alpha value is -2.92. The zero-order valence-electron chi connectivity index (χ0n) is 21.9. The number of amides is 2. The lowest BCUT2D eigenvalue weighted by molar-refractivity contribution is -0.140. The van der Waals surface area contributed by atoms with Crippen LogP contribution in [0.4, 0.5) is 5.69 Å². The Bertz CT molecular complexity index is 1300. The van der Waals surface area contributed by atoms with Gasteiger partial charge in [0, 0.05) is 22.6 Å². The molecule has 0 radical (unpaired) electrons. The van der Waals surface area contributed by atoms with Crippen LogP contribution in [0.5, 0.6) is 0 Å². The largest absolute Gasteiger partial charge is 0.352 e. The van der Waals surface area contributed by atoms with Crippen molar-refractivity contribution in [2.45, 2.75) is 45.3 Å². The highest BCUT2D eigenvalue weighted by atomic mass is 127. The van der Waals surface area contributed by atoms with Gasteiger partial charge in [0.1, 0.15) is 12.6 Å². The van der Waals surface area contributed by atoms with E-state index in [-0.39, 0.29) is 18.5 Å². The fourth-order valence-corrected chi connectivity index (χ4v) is 5.21. The molecule has 3 aromatic rings. The van der Waals surface area contributed by atoms with Crippen LogP contribution in [0.3, 0.4) is 0 Å². The quantitative estimate of drug-likeness (QED) is 0.291. The molecule has 0 bridgehead atoms. The zero-order valence-corrected chi connectivity index (χ0v) is 24.9. The smallest absolute Gasteiger partial charge is 0.244 e. The van der Waals surface area contributed by atoms with Crippen LogP contribution in [0.15, 0.2) is 84.9 Å². The van der Waals surface area contributed by atoms with Gasteiger partial charge in [-0.05, 0) is 71.3 Å². The van der Waals surface area contributed by atoms with Crippen LogP contribution in [0.1, 0.15) is 31.4 Å². The van der Waals surface area contributed by atoms with E-state index in [0.29, 0.717) is 12.1 Å². The summed E-state index contributed by atoms with van der Waals surface area (Å²) in [7, 11) is -3.78. The summed E-state index contributed by atoms with van der Waals surface area (Å²) in [4.78, 5) is 29.1. The first-order chi connectivity index (χ1) is 18.1. The molecule has 0 aliphatic carbocycles. The minimum atomic E-state index is -3.78. The number of hydrogen-bond donors (Lipinski definition) is 1. The van der Waals surface area contributed by atoms with E-state index >= 15 is 0 Å². The molecule has 0 spiro atoms. The van der Waals surface area contributed by atoms with Crippen LogP contribution < -0.4 is 9.62 Å². The summed E-state index contributed by atoms with van der Waals surface area (Å²) in [5, 5.41) is 3.03. The van der Waals surface area contributed by atoms with E-state index in [4.69, 9.17) is 0 Å². The zero-order chi connectivity index (χ0) is 27.7. The van der Waals surface area contributed by atoms with Gasteiger partial charge in [-0.25, -0.2) is 8.42 Å². The van der Waals surface area contributed by atoms with Crippen molar-refractivity contribution in [3.63, 3.8) is 0 Å². The standard InChI is InChI=1S/C29H34IN3O4S/c1-4-22(2)31-29(35)27(19-23-11-7-5-8-12-23)32(20-24-13-9-6-10-14-24)28(34)21-33(38(3,36)37)26-17-15-25(30)16-18-26/h5-18,22,27H,4,19-21H2,1-3H3,(H,31,35)/t22-,27+/m1/s1. The molecule has 38 heavy (non-hydrogen) atoms. The molecule has 0 fully saturated rings. The van der Waals surface area contributed by atoms with Crippen LogP contribution in [0.25, 0.3) is 0 Å². The molecule has 3 aromatic carbocycles. The van der Waals surface area contributed by atoms with E-state index in [1.165, 1.54) is 4.90 Å². The molecule has 9 heteroatoms. The molecular formula is C29H34IN3O4S. The van der Waals surface area contributed by atoms with Crippen molar-refractivity contribution in [3.05, 3.63) is 99.6 Å². The van der Waals surface area contributed by atoms with E-state index in [1.54, 1.807) is 24.3 Å². The second-order valence-corrected chi connectivity index (χ2v) is 12.4. The van der Waals surface area contributed by atoms with Crippen molar-refractivity contribution in [1.29, 1.82) is 0 Å². The van der Waals surface area contributed by atoms with Gasteiger partial charge in [-0.1, -0.05) is 67.6 Å². The summed E-state index contributed by atoms with van der Waals surface area (Å²) >= 11 is 2.14. The second kappa shape index (κ2) is 13.7. The number of nitrogens with zero attached hydrogens (tertiary/aromatic N) is 2. The Morgan fingerprint density at radius 1 is 0.895 bits per heavy atom. The highest BCUT2D eigenvalue weighted by Gasteiger charge is 2.33. The molecule has 0 aliphatic heterocycles. The summed E-state index contributed by atoms with van der Waals surface area (Å²) < 4.78 is 27.6. The van der Waals surface area contributed by atoms with Crippen molar-refractivity contribution in [2.24, 2.45) is 0 Å². The third-order valence-electron chi connectivity index (χ3n) is 6.26. The molecular weight excluding hydrogens is 613 g/mol. The number of carbonyl (C=O) groups excluding carboxylic acids is 2. The van der Waals surface area contributed by atoms with Crippen molar-refractivity contribution < 1.29 is 18.0 Å². The minimum absolute atomic E-state index is 0.0752. The maximum atomic E-state index is 14.0. The van der Waals surface area contributed by atoms with Gasteiger partial charge in [-0.2, -0.15) is 0 Å².